The van der Waals surface area contributed by atoms with E-state index < -0.39 is 21.8 Å². The molecule has 1 atom stereocenters. The zero-order chi connectivity index (χ0) is 18.7. The number of likely N-dealkylation sites (tertiary alicyclic amines) is 1. The van der Waals surface area contributed by atoms with Crippen LogP contribution in [0.5, 0.6) is 0 Å². The normalized spacial score (nSPS) is 18.0. The van der Waals surface area contributed by atoms with Gasteiger partial charge in [-0.1, -0.05) is 0 Å². The van der Waals surface area contributed by atoms with Crippen LogP contribution in [0.2, 0.25) is 0 Å². The standard InChI is InChI=1S/C17H26N2O5S/c1-17(2,3)23-16(20)19-11-7-14(8-12-19)15(24-25(4,21)22)13-5-9-18-10-6-13/h5-6,9-10,14-15H,7-8,11-12H2,1-4H3. The molecule has 1 fully saturated rings. The molecule has 140 valence electrons. The molecule has 1 aromatic rings. The Kier molecular flexibility index (Phi) is 6.05. The first-order chi connectivity index (χ1) is 11.6. The molecule has 0 radical (unpaired) electrons. The van der Waals surface area contributed by atoms with Crippen molar-refractivity contribution in [2.45, 2.75) is 45.3 Å². The highest BCUT2D eigenvalue weighted by Crippen LogP contribution is 2.35. The fourth-order valence-electron chi connectivity index (χ4n) is 2.86. The van der Waals surface area contributed by atoms with Gasteiger partial charge in [0.25, 0.3) is 10.1 Å². The van der Waals surface area contributed by atoms with E-state index in [1.807, 2.05) is 20.8 Å². The minimum atomic E-state index is -3.60. The molecule has 1 amide bonds. The number of aromatic nitrogens is 1. The van der Waals surface area contributed by atoms with E-state index in [2.05, 4.69) is 4.98 Å². The van der Waals surface area contributed by atoms with Gasteiger partial charge in [-0.05, 0) is 57.2 Å². The summed E-state index contributed by atoms with van der Waals surface area (Å²) in [6.45, 7) is 6.51. The number of hydrogen-bond acceptors (Lipinski definition) is 6. The van der Waals surface area contributed by atoms with Crippen LogP contribution in [-0.2, 0) is 19.0 Å². The SMILES string of the molecule is CC(C)(C)OC(=O)N1CCC(C(OS(C)(=O)=O)c2ccncc2)CC1. The minimum absolute atomic E-state index is 0.00388. The average Bonchev–Trinajstić information content (AvgIpc) is 2.51. The first-order valence-electron chi connectivity index (χ1n) is 8.31. The molecule has 0 aromatic carbocycles. The second-order valence-corrected chi connectivity index (χ2v) is 8.91. The molecule has 2 rings (SSSR count). The number of ether oxygens (including phenoxy) is 1. The van der Waals surface area contributed by atoms with Crippen molar-refractivity contribution in [3.63, 3.8) is 0 Å². The molecule has 0 saturated carbocycles. The molecule has 1 aromatic heterocycles. The summed E-state index contributed by atoms with van der Waals surface area (Å²) in [5.41, 5.74) is 0.239. The third-order valence-corrected chi connectivity index (χ3v) is 4.49. The molecule has 1 aliphatic heterocycles. The third-order valence-electron chi connectivity index (χ3n) is 3.93. The molecule has 7 nitrogen and oxygen atoms in total. The molecule has 1 unspecified atom stereocenters. The van der Waals surface area contributed by atoms with Gasteiger partial charge in [0, 0.05) is 25.5 Å². The summed E-state index contributed by atoms with van der Waals surface area (Å²) in [5.74, 6) is -0.00388. The van der Waals surface area contributed by atoms with Gasteiger partial charge in [0.15, 0.2) is 0 Å². The molecule has 8 heteroatoms. The van der Waals surface area contributed by atoms with Gasteiger partial charge in [0.05, 0.1) is 6.26 Å². The molecule has 0 N–H and O–H groups in total. The molecule has 0 spiro atoms. The molecule has 0 bridgehead atoms. The highest BCUT2D eigenvalue weighted by molar-refractivity contribution is 7.86. The van der Waals surface area contributed by atoms with Crippen molar-refractivity contribution in [1.29, 1.82) is 0 Å². The molecule has 25 heavy (non-hydrogen) atoms. The molecule has 1 saturated heterocycles. The van der Waals surface area contributed by atoms with Gasteiger partial charge in [-0.2, -0.15) is 8.42 Å². The van der Waals surface area contributed by atoms with Crippen molar-refractivity contribution >= 4 is 16.2 Å². The van der Waals surface area contributed by atoms with Crippen LogP contribution in [0.15, 0.2) is 24.5 Å². The largest absolute Gasteiger partial charge is 0.444 e. The number of pyridine rings is 1. The Morgan fingerprint density at radius 2 is 1.80 bits per heavy atom. The molecule has 0 aliphatic carbocycles. The van der Waals surface area contributed by atoms with Crippen molar-refractivity contribution in [3.05, 3.63) is 30.1 Å². The second-order valence-electron chi connectivity index (χ2n) is 7.31. The van der Waals surface area contributed by atoms with Gasteiger partial charge in [-0.3, -0.25) is 9.17 Å². The van der Waals surface area contributed by atoms with Crippen LogP contribution < -0.4 is 0 Å². The molecular formula is C17H26N2O5S. The Bertz CT molecular complexity index is 677. The minimum Gasteiger partial charge on any atom is -0.444 e. The number of carbonyl (C=O) groups is 1. The van der Waals surface area contributed by atoms with E-state index in [0.29, 0.717) is 25.9 Å². The Labute approximate surface area is 149 Å². The van der Waals surface area contributed by atoms with Crippen LogP contribution in [0.4, 0.5) is 4.79 Å². The van der Waals surface area contributed by atoms with Crippen LogP contribution in [0.25, 0.3) is 0 Å². The van der Waals surface area contributed by atoms with Crippen molar-refractivity contribution < 1.29 is 22.1 Å². The second kappa shape index (κ2) is 7.70. The van der Waals surface area contributed by atoms with E-state index in [0.717, 1.165) is 11.8 Å². The maximum absolute atomic E-state index is 12.2. The van der Waals surface area contributed by atoms with Gasteiger partial charge in [-0.25, -0.2) is 4.79 Å². The van der Waals surface area contributed by atoms with E-state index >= 15 is 0 Å². The maximum atomic E-state index is 12.2. The Hall–Kier alpha value is -1.67. The maximum Gasteiger partial charge on any atom is 0.410 e. The van der Waals surface area contributed by atoms with E-state index in [9.17, 15) is 13.2 Å². The number of amides is 1. The van der Waals surface area contributed by atoms with Crippen LogP contribution in [0.1, 0.15) is 45.3 Å². The molecule has 1 aliphatic rings. The monoisotopic (exact) mass is 370 g/mol. The van der Waals surface area contributed by atoms with Crippen LogP contribution >= 0.6 is 0 Å². The predicted molar refractivity (Wildman–Crippen MR) is 93.4 cm³/mol. The fraction of sp³-hybridized carbons (Fsp3) is 0.647. The first-order valence-corrected chi connectivity index (χ1v) is 10.1. The summed E-state index contributed by atoms with van der Waals surface area (Å²) in [6.07, 6.45) is 4.66. The van der Waals surface area contributed by atoms with Crippen molar-refractivity contribution in [2.24, 2.45) is 5.92 Å². The Balaban J connectivity index is 2.06. The molecular weight excluding hydrogens is 344 g/mol. The molecule has 2 heterocycles. The lowest BCUT2D eigenvalue weighted by Crippen LogP contribution is -2.43. The summed E-state index contributed by atoms with van der Waals surface area (Å²) < 4.78 is 34.1. The van der Waals surface area contributed by atoms with E-state index in [1.165, 1.54) is 0 Å². The number of nitrogens with zero attached hydrogens (tertiary/aromatic N) is 2. The Morgan fingerprint density at radius 1 is 1.24 bits per heavy atom. The van der Waals surface area contributed by atoms with Crippen LogP contribution in [-0.4, -0.2) is 49.3 Å². The van der Waals surface area contributed by atoms with Crippen LogP contribution in [0, 0.1) is 5.92 Å². The van der Waals surface area contributed by atoms with Crippen molar-refractivity contribution in [3.8, 4) is 0 Å². The van der Waals surface area contributed by atoms with Gasteiger partial charge >= 0.3 is 6.09 Å². The predicted octanol–water partition coefficient (Wildman–Crippen LogP) is 2.75. The zero-order valence-electron chi connectivity index (χ0n) is 15.1. The highest BCUT2D eigenvalue weighted by atomic mass is 32.2. The van der Waals surface area contributed by atoms with Gasteiger partial charge in [0.1, 0.15) is 11.7 Å². The van der Waals surface area contributed by atoms with Gasteiger partial charge in [-0.15, -0.1) is 0 Å². The lowest BCUT2D eigenvalue weighted by atomic mass is 9.88. The lowest BCUT2D eigenvalue weighted by molar-refractivity contribution is 0.0111. The summed E-state index contributed by atoms with van der Waals surface area (Å²) in [6, 6.07) is 3.52. The van der Waals surface area contributed by atoms with Crippen molar-refractivity contribution in [1.82, 2.24) is 9.88 Å². The summed E-state index contributed by atoms with van der Waals surface area (Å²) >= 11 is 0. The smallest absolute Gasteiger partial charge is 0.410 e. The zero-order valence-corrected chi connectivity index (χ0v) is 16.0. The topological polar surface area (TPSA) is 85.8 Å². The van der Waals surface area contributed by atoms with E-state index in [4.69, 9.17) is 8.92 Å². The number of piperidine rings is 1. The summed E-state index contributed by atoms with van der Waals surface area (Å²) in [5, 5.41) is 0. The van der Waals surface area contributed by atoms with E-state index in [-0.39, 0.29) is 12.0 Å². The van der Waals surface area contributed by atoms with Crippen molar-refractivity contribution in [2.75, 3.05) is 19.3 Å². The quantitative estimate of drug-likeness (QED) is 0.758. The van der Waals surface area contributed by atoms with Gasteiger partial charge < -0.3 is 9.64 Å². The lowest BCUT2D eigenvalue weighted by Gasteiger charge is -2.36. The average molecular weight is 370 g/mol. The van der Waals surface area contributed by atoms with Crippen LogP contribution in [0.3, 0.4) is 0 Å². The number of carbonyl (C=O) groups excluding carboxylic acids is 1. The van der Waals surface area contributed by atoms with Gasteiger partial charge in [0.2, 0.25) is 0 Å². The third kappa shape index (κ3) is 6.28. The first kappa shape index (κ1) is 19.7. The fourth-order valence-corrected chi connectivity index (χ4v) is 3.50. The van der Waals surface area contributed by atoms with E-state index in [1.54, 1.807) is 29.4 Å². The number of hydrogen-bond donors (Lipinski definition) is 0. The summed E-state index contributed by atoms with van der Waals surface area (Å²) in [7, 11) is -3.60. The highest BCUT2D eigenvalue weighted by Gasteiger charge is 2.33. The Morgan fingerprint density at radius 3 is 2.28 bits per heavy atom. The number of rotatable bonds is 4. The summed E-state index contributed by atoms with van der Waals surface area (Å²) in [4.78, 5) is 17.8.